The van der Waals surface area contributed by atoms with Crippen molar-refractivity contribution in [1.82, 2.24) is 4.90 Å². The van der Waals surface area contributed by atoms with Gasteiger partial charge in [-0.3, -0.25) is 9.59 Å². The predicted molar refractivity (Wildman–Crippen MR) is 120 cm³/mol. The van der Waals surface area contributed by atoms with E-state index < -0.39 is 17.7 Å². The van der Waals surface area contributed by atoms with Crippen LogP contribution in [0.5, 0.6) is 5.75 Å². The van der Waals surface area contributed by atoms with Crippen LogP contribution in [0.15, 0.2) is 60.2 Å². The molecule has 1 heterocycles. The van der Waals surface area contributed by atoms with Crippen LogP contribution in [0.1, 0.15) is 37.4 Å². The van der Waals surface area contributed by atoms with Gasteiger partial charge in [-0.05, 0) is 43.7 Å². The zero-order valence-corrected chi connectivity index (χ0v) is 18.6. The lowest BCUT2D eigenvalue weighted by Gasteiger charge is -2.25. The number of Topliss-reactive ketones (excluding diaryl/α,β-unsaturated/α-hetero) is 1. The van der Waals surface area contributed by atoms with E-state index in [0.29, 0.717) is 17.9 Å². The molecule has 1 saturated heterocycles. The number of aliphatic hydroxyl groups excluding tert-OH is 1. The lowest BCUT2D eigenvalue weighted by Crippen LogP contribution is -3.05. The van der Waals surface area contributed by atoms with Gasteiger partial charge in [-0.2, -0.15) is 0 Å². The summed E-state index contributed by atoms with van der Waals surface area (Å²) in [5.41, 5.74) is 1.42. The van der Waals surface area contributed by atoms with Gasteiger partial charge in [-0.15, -0.1) is 0 Å². The van der Waals surface area contributed by atoms with Gasteiger partial charge < -0.3 is 19.6 Å². The van der Waals surface area contributed by atoms with Crippen molar-refractivity contribution in [3.05, 3.63) is 71.3 Å². The number of nitrogens with zero attached hydrogens (tertiary/aromatic N) is 1. The van der Waals surface area contributed by atoms with Crippen LogP contribution >= 0.6 is 0 Å². The van der Waals surface area contributed by atoms with E-state index >= 15 is 0 Å². The molecule has 0 radical (unpaired) electrons. The number of amides is 1. The number of ether oxygens (including phenoxy) is 1. The molecule has 0 saturated carbocycles. The summed E-state index contributed by atoms with van der Waals surface area (Å²) in [5.74, 6) is -0.697. The monoisotopic (exact) mass is 423 g/mol. The molecule has 0 unspecified atom stereocenters. The van der Waals surface area contributed by atoms with Crippen molar-refractivity contribution in [2.45, 2.75) is 32.4 Å². The Morgan fingerprint density at radius 2 is 1.71 bits per heavy atom. The average molecular weight is 424 g/mol. The molecule has 6 nitrogen and oxygen atoms in total. The van der Waals surface area contributed by atoms with Crippen molar-refractivity contribution < 1.29 is 24.3 Å². The Morgan fingerprint density at radius 3 is 2.29 bits per heavy atom. The minimum atomic E-state index is -0.647. The van der Waals surface area contributed by atoms with Gasteiger partial charge in [0, 0.05) is 18.5 Å². The summed E-state index contributed by atoms with van der Waals surface area (Å²) in [6.45, 7) is 5.20. The van der Waals surface area contributed by atoms with Gasteiger partial charge >= 0.3 is 0 Å². The number of hydrogen-bond acceptors (Lipinski definition) is 4. The first kappa shape index (κ1) is 22.6. The number of quaternary nitrogens is 1. The minimum absolute atomic E-state index is 0.0341. The van der Waals surface area contributed by atoms with Crippen LogP contribution in [0.4, 0.5) is 0 Å². The highest BCUT2D eigenvalue weighted by Gasteiger charge is 2.45. The van der Waals surface area contributed by atoms with E-state index in [9.17, 15) is 14.7 Å². The van der Waals surface area contributed by atoms with E-state index in [1.54, 1.807) is 29.2 Å². The van der Waals surface area contributed by atoms with E-state index in [0.717, 1.165) is 18.5 Å². The molecule has 2 aromatic carbocycles. The smallest absolute Gasteiger partial charge is 0.295 e. The Bertz CT molecular complexity index is 949. The van der Waals surface area contributed by atoms with Gasteiger partial charge in [0.2, 0.25) is 0 Å². The third-order valence-corrected chi connectivity index (χ3v) is 5.23. The largest absolute Gasteiger partial charge is 0.507 e. The predicted octanol–water partition coefficient (Wildman–Crippen LogP) is 2.43. The van der Waals surface area contributed by atoms with Crippen LogP contribution in [-0.2, 0) is 9.59 Å². The van der Waals surface area contributed by atoms with Crippen molar-refractivity contribution in [1.29, 1.82) is 0 Å². The summed E-state index contributed by atoms with van der Waals surface area (Å²) in [4.78, 5) is 28.7. The van der Waals surface area contributed by atoms with Gasteiger partial charge in [0.05, 0.1) is 38.4 Å². The summed E-state index contributed by atoms with van der Waals surface area (Å²) in [5, 5.41) is 11.1. The molecule has 1 fully saturated rings. The molecular weight excluding hydrogens is 392 g/mol. The van der Waals surface area contributed by atoms with Crippen molar-refractivity contribution in [2.75, 3.05) is 27.2 Å². The van der Waals surface area contributed by atoms with E-state index in [-0.39, 0.29) is 17.4 Å². The summed E-state index contributed by atoms with van der Waals surface area (Å²) in [6, 6.07) is 15.7. The number of carbonyl (C=O) groups is 2. The van der Waals surface area contributed by atoms with Crippen molar-refractivity contribution >= 4 is 17.4 Å². The summed E-state index contributed by atoms with van der Waals surface area (Å²) >= 11 is 0. The summed E-state index contributed by atoms with van der Waals surface area (Å²) in [6.07, 6.45) is 0.798. The number of carbonyl (C=O) groups excluding carboxylic acids is 2. The number of likely N-dealkylation sites (tertiary alicyclic amines) is 1. The molecular formula is C25H31N2O4+. The van der Waals surface area contributed by atoms with Crippen molar-refractivity contribution in [2.24, 2.45) is 0 Å². The molecule has 31 heavy (non-hydrogen) atoms. The van der Waals surface area contributed by atoms with Gasteiger partial charge in [0.1, 0.15) is 11.5 Å². The molecule has 164 valence electrons. The topological polar surface area (TPSA) is 71.3 Å². The van der Waals surface area contributed by atoms with Crippen LogP contribution in [0.25, 0.3) is 5.76 Å². The lowest BCUT2D eigenvalue weighted by molar-refractivity contribution is -0.858. The maximum Gasteiger partial charge on any atom is 0.295 e. The molecule has 6 heteroatoms. The van der Waals surface area contributed by atoms with Crippen LogP contribution in [0, 0.1) is 0 Å². The Kier molecular flexibility index (Phi) is 7.13. The quantitative estimate of drug-likeness (QED) is 0.389. The fourth-order valence-electron chi connectivity index (χ4n) is 3.81. The van der Waals surface area contributed by atoms with E-state index in [1.165, 1.54) is 4.90 Å². The molecule has 3 rings (SSSR count). The number of benzene rings is 2. The standard InChI is InChI=1S/C25H30N2O4/c1-17(2)31-20-13-11-19(12-14-20)23(28)21-22(18-9-6-5-7-10-18)27(25(30)24(21)29)16-8-15-26(3)4/h5-7,9-14,17,22,28H,8,15-16H2,1-4H3/p+1/t22-/m0/s1. The molecule has 2 aromatic rings. The van der Waals surface area contributed by atoms with E-state index in [2.05, 4.69) is 14.1 Å². The Balaban J connectivity index is 2.01. The highest BCUT2D eigenvalue weighted by Crippen LogP contribution is 2.39. The third kappa shape index (κ3) is 5.14. The van der Waals surface area contributed by atoms with Crippen molar-refractivity contribution in [3.8, 4) is 5.75 Å². The molecule has 1 atom stereocenters. The second kappa shape index (κ2) is 9.79. The zero-order valence-electron chi connectivity index (χ0n) is 18.6. The van der Waals surface area contributed by atoms with Gasteiger partial charge in [-0.1, -0.05) is 30.3 Å². The zero-order chi connectivity index (χ0) is 22.5. The number of ketones is 1. The van der Waals surface area contributed by atoms with Crippen LogP contribution < -0.4 is 9.64 Å². The second-order valence-electron chi connectivity index (χ2n) is 8.40. The van der Waals surface area contributed by atoms with Crippen LogP contribution in [0.3, 0.4) is 0 Å². The van der Waals surface area contributed by atoms with Crippen LogP contribution in [-0.4, -0.2) is 55.0 Å². The van der Waals surface area contributed by atoms with Crippen LogP contribution in [0.2, 0.25) is 0 Å². The molecule has 1 aliphatic rings. The first-order valence-electron chi connectivity index (χ1n) is 10.7. The van der Waals surface area contributed by atoms with Crippen molar-refractivity contribution in [3.63, 3.8) is 0 Å². The molecule has 1 aliphatic heterocycles. The number of rotatable bonds is 8. The SMILES string of the molecule is CC(C)Oc1ccc(C(O)=C2C(=O)C(=O)N(CCC[NH+](C)C)[C@H]2c2ccccc2)cc1. The second-order valence-corrected chi connectivity index (χ2v) is 8.40. The maximum absolute atomic E-state index is 13.0. The fourth-order valence-corrected chi connectivity index (χ4v) is 3.81. The summed E-state index contributed by atoms with van der Waals surface area (Å²) in [7, 11) is 4.10. The Labute approximate surface area is 183 Å². The highest BCUT2D eigenvalue weighted by molar-refractivity contribution is 6.46. The Hall–Kier alpha value is -3.12. The molecule has 0 aromatic heterocycles. The lowest BCUT2D eigenvalue weighted by atomic mass is 9.95. The minimum Gasteiger partial charge on any atom is -0.507 e. The molecule has 2 N–H and O–H groups in total. The van der Waals surface area contributed by atoms with Gasteiger partial charge in [-0.25, -0.2) is 0 Å². The molecule has 0 bridgehead atoms. The molecule has 0 spiro atoms. The van der Waals surface area contributed by atoms with E-state index in [4.69, 9.17) is 4.74 Å². The van der Waals surface area contributed by atoms with Gasteiger partial charge in [0.15, 0.2) is 0 Å². The first-order chi connectivity index (χ1) is 14.8. The number of nitrogens with one attached hydrogen (secondary N) is 1. The Morgan fingerprint density at radius 1 is 1.06 bits per heavy atom. The average Bonchev–Trinajstić information content (AvgIpc) is 2.99. The first-order valence-corrected chi connectivity index (χ1v) is 10.7. The molecule has 0 aliphatic carbocycles. The fraction of sp³-hybridized carbons (Fsp3) is 0.360. The normalized spacial score (nSPS) is 18.3. The number of aliphatic hydroxyl groups is 1. The number of hydrogen-bond donors (Lipinski definition) is 2. The maximum atomic E-state index is 13.0. The van der Waals surface area contributed by atoms with E-state index in [1.807, 2.05) is 44.2 Å². The van der Waals surface area contributed by atoms with Gasteiger partial charge in [0.25, 0.3) is 11.7 Å². The highest BCUT2D eigenvalue weighted by atomic mass is 16.5. The third-order valence-electron chi connectivity index (χ3n) is 5.23. The molecule has 1 amide bonds. The summed E-state index contributed by atoms with van der Waals surface area (Å²) < 4.78 is 5.65.